The Bertz CT molecular complexity index is 1200. The summed E-state index contributed by atoms with van der Waals surface area (Å²) < 4.78 is 3.44. The maximum atomic E-state index is 12.7. The zero-order chi connectivity index (χ0) is 20.8. The predicted octanol–water partition coefficient (Wildman–Crippen LogP) is 1.19. The van der Waals surface area contributed by atoms with Crippen molar-refractivity contribution in [2.24, 2.45) is 7.05 Å². The molecule has 30 heavy (non-hydrogen) atoms. The lowest BCUT2D eigenvalue weighted by molar-refractivity contribution is 0.0698. The van der Waals surface area contributed by atoms with Crippen molar-refractivity contribution >= 4 is 17.4 Å². The van der Waals surface area contributed by atoms with E-state index in [9.17, 15) is 4.79 Å². The smallest absolute Gasteiger partial charge is 0.274 e. The number of hydrogen-bond donors (Lipinski definition) is 0. The SMILES string of the molecule is Cc1cc(C(=O)N(C)C2CN(c3ccc4nnc(-c5cccnc5)n4n3)C2)nn1C. The number of likely N-dealkylation sites (N-methyl/N-ethyl adjacent to an activating group) is 1. The summed E-state index contributed by atoms with van der Waals surface area (Å²) in [6, 6.07) is 9.53. The Kier molecular flexibility index (Phi) is 4.19. The van der Waals surface area contributed by atoms with Gasteiger partial charge in [-0.25, -0.2) is 0 Å². The monoisotopic (exact) mass is 403 g/mol. The molecule has 10 heteroatoms. The zero-order valence-corrected chi connectivity index (χ0v) is 17.0. The van der Waals surface area contributed by atoms with Crippen LogP contribution in [-0.4, -0.2) is 71.6 Å². The second-order valence-electron chi connectivity index (χ2n) is 7.50. The van der Waals surface area contributed by atoms with Gasteiger partial charge in [0.25, 0.3) is 5.91 Å². The van der Waals surface area contributed by atoms with Gasteiger partial charge in [0, 0.05) is 50.8 Å². The fourth-order valence-corrected chi connectivity index (χ4v) is 3.52. The molecule has 0 aliphatic carbocycles. The second kappa shape index (κ2) is 6.90. The molecule has 10 nitrogen and oxygen atoms in total. The molecule has 1 amide bonds. The zero-order valence-electron chi connectivity index (χ0n) is 17.0. The number of hydrogen-bond acceptors (Lipinski definition) is 7. The number of fused-ring (bicyclic) bond motifs is 1. The molecule has 0 saturated carbocycles. The highest BCUT2D eigenvalue weighted by atomic mass is 16.2. The Morgan fingerprint density at radius 1 is 1.17 bits per heavy atom. The molecule has 5 heterocycles. The van der Waals surface area contributed by atoms with Crippen LogP contribution in [0.25, 0.3) is 17.0 Å². The van der Waals surface area contributed by atoms with E-state index in [1.165, 1.54) is 0 Å². The third kappa shape index (κ3) is 2.97. The summed E-state index contributed by atoms with van der Waals surface area (Å²) in [4.78, 5) is 20.8. The van der Waals surface area contributed by atoms with Crippen molar-refractivity contribution in [3.05, 3.63) is 54.1 Å². The van der Waals surface area contributed by atoms with Crippen LogP contribution in [0.15, 0.2) is 42.7 Å². The lowest BCUT2D eigenvalue weighted by Gasteiger charge is -2.44. The molecule has 5 rings (SSSR count). The fraction of sp³-hybridized carbons (Fsp3) is 0.300. The number of rotatable bonds is 4. The minimum atomic E-state index is -0.0653. The van der Waals surface area contributed by atoms with E-state index >= 15 is 0 Å². The fourth-order valence-electron chi connectivity index (χ4n) is 3.52. The molecule has 0 atom stereocenters. The molecule has 4 aromatic rings. The normalized spacial score (nSPS) is 14.2. The molecule has 0 aromatic carbocycles. The Labute approximate surface area is 172 Å². The van der Waals surface area contributed by atoms with Crippen molar-refractivity contribution in [3.63, 3.8) is 0 Å². The van der Waals surface area contributed by atoms with Crippen LogP contribution in [0.2, 0.25) is 0 Å². The first kappa shape index (κ1) is 18.2. The third-order valence-electron chi connectivity index (χ3n) is 5.56. The minimum absolute atomic E-state index is 0.0653. The molecule has 0 unspecified atom stereocenters. The van der Waals surface area contributed by atoms with Crippen molar-refractivity contribution in [2.75, 3.05) is 25.0 Å². The summed E-state index contributed by atoms with van der Waals surface area (Å²) >= 11 is 0. The highest BCUT2D eigenvalue weighted by Gasteiger charge is 2.34. The largest absolute Gasteiger partial charge is 0.351 e. The molecule has 0 bridgehead atoms. The molecule has 0 spiro atoms. The first-order valence-electron chi connectivity index (χ1n) is 9.67. The van der Waals surface area contributed by atoms with Gasteiger partial charge in [-0.2, -0.15) is 9.61 Å². The standard InChI is InChI=1S/C20H21N9O/c1-13-9-16(24-27(13)3)20(30)26(2)15-11-28(12-15)18-7-6-17-22-23-19(29(17)25-18)14-5-4-8-21-10-14/h4-10,15H,11-12H2,1-3H3. The summed E-state index contributed by atoms with van der Waals surface area (Å²) in [5, 5.41) is 17.4. The molecule has 152 valence electrons. The van der Waals surface area contributed by atoms with Gasteiger partial charge in [0.1, 0.15) is 5.82 Å². The number of nitrogens with zero attached hydrogens (tertiary/aromatic N) is 9. The quantitative estimate of drug-likeness (QED) is 0.505. The Morgan fingerprint density at radius 2 is 2.00 bits per heavy atom. The third-order valence-corrected chi connectivity index (χ3v) is 5.56. The van der Waals surface area contributed by atoms with E-state index in [2.05, 4.69) is 25.2 Å². The van der Waals surface area contributed by atoms with E-state index in [1.54, 1.807) is 26.5 Å². The Balaban J connectivity index is 1.32. The maximum Gasteiger partial charge on any atom is 0.274 e. The molecule has 1 aliphatic heterocycles. The second-order valence-corrected chi connectivity index (χ2v) is 7.50. The summed E-state index contributed by atoms with van der Waals surface area (Å²) in [6.45, 7) is 3.34. The van der Waals surface area contributed by atoms with Crippen LogP contribution < -0.4 is 4.90 Å². The van der Waals surface area contributed by atoms with Crippen LogP contribution in [0.3, 0.4) is 0 Å². The van der Waals surface area contributed by atoms with Crippen molar-refractivity contribution in [2.45, 2.75) is 13.0 Å². The first-order valence-corrected chi connectivity index (χ1v) is 9.67. The Hall–Kier alpha value is -3.82. The lowest BCUT2D eigenvalue weighted by atomic mass is 10.1. The summed E-state index contributed by atoms with van der Waals surface area (Å²) in [6.07, 6.45) is 3.46. The average Bonchev–Trinajstić information content (AvgIpc) is 3.29. The summed E-state index contributed by atoms with van der Waals surface area (Å²) in [7, 11) is 3.66. The molecule has 0 radical (unpaired) electrons. The number of carbonyl (C=O) groups excluding carboxylic acids is 1. The van der Waals surface area contributed by atoms with Gasteiger partial charge >= 0.3 is 0 Å². The highest BCUT2D eigenvalue weighted by Crippen LogP contribution is 2.24. The van der Waals surface area contributed by atoms with Gasteiger partial charge in [0.05, 0.1) is 6.04 Å². The van der Waals surface area contributed by atoms with Crippen LogP contribution in [-0.2, 0) is 7.05 Å². The van der Waals surface area contributed by atoms with E-state index in [-0.39, 0.29) is 11.9 Å². The van der Waals surface area contributed by atoms with Crippen LogP contribution in [0.5, 0.6) is 0 Å². The molecule has 1 fully saturated rings. The molecule has 1 aliphatic rings. The van der Waals surface area contributed by atoms with Crippen LogP contribution in [0.4, 0.5) is 5.82 Å². The number of anilines is 1. The lowest BCUT2D eigenvalue weighted by Crippen LogP contribution is -2.60. The summed E-state index contributed by atoms with van der Waals surface area (Å²) in [5.41, 5.74) is 2.96. The molecular weight excluding hydrogens is 382 g/mol. The maximum absolute atomic E-state index is 12.7. The van der Waals surface area contributed by atoms with E-state index in [0.717, 1.165) is 17.1 Å². The van der Waals surface area contributed by atoms with Gasteiger partial charge in [-0.3, -0.25) is 14.5 Å². The van der Waals surface area contributed by atoms with Gasteiger partial charge in [-0.1, -0.05) is 0 Å². The van der Waals surface area contributed by atoms with Crippen molar-refractivity contribution < 1.29 is 4.79 Å². The van der Waals surface area contributed by atoms with Crippen LogP contribution in [0.1, 0.15) is 16.2 Å². The van der Waals surface area contributed by atoms with E-state index < -0.39 is 0 Å². The van der Waals surface area contributed by atoms with Crippen LogP contribution >= 0.6 is 0 Å². The van der Waals surface area contributed by atoms with Gasteiger partial charge in [0.2, 0.25) is 0 Å². The first-order chi connectivity index (χ1) is 14.5. The van der Waals surface area contributed by atoms with Gasteiger partial charge in [0.15, 0.2) is 17.2 Å². The highest BCUT2D eigenvalue weighted by molar-refractivity contribution is 5.92. The van der Waals surface area contributed by atoms with E-state index in [4.69, 9.17) is 5.10 Å². The number of aromatic nitrogens is 7. The number of aryl methyl sites for hydroxylation is 2. The van der Waals surface area contributed by atoms with Crippen molar-refractivity contribution in [1.29, 1.82) is 0 Å². The molecule has 4 aromatic heterocycles. The van der Waals surface area contributed by atoms with Gasteiger partial charge in [-0.05, 0) is 37.3 Å². The van der Waals surface area contributed by atoms with Gasteiger partial charge < -0.3 is 9.80 Å². The van der Waals surface area contributed by atoms with Crippen molar-refractivity contribution in [3.8, 4) is 11.4 Å². The summed E-state index contributed by atoms with van der Waals surface area (Å²) in [5.74, 6) is 1.40. The number of amides is 1. The van der Waals surface area contributed by atoms with Crippen molar-refractivity contribution in [1.82, 2.24) is 39.5 Å². The predicted molar refractivity (Wildman–Crippen MR) is 110 cm³/mol. The molecule has 1 saturated heterocycles. The average molecular weight is 403 g/mol. The minimum Gasteiger partial charge on any atom is -0.351 e. The topological polar surface area (TPSA) is 97.3 Å². The number of carbonyl (C=O) groups is 1. The van der Waals surface area contributed by atoms with Gasteiger partial charge in [-0.15, -0.1) is 15.3 Å². The van der Waals surface area contributed by atoms with E-state index in [0.29, 0.717) is 30.3 Å². The number of pyridine rings is 1. The molecule has 0 N–H and O–H groups in total. The molecular formula is C20H21N9O. The van der Waals surface area contributed by atoms with E-state index in [1.807, 2.05) is 51.4 Å². The Morgan fingerprint density at radius 3 is 2.70 bits per heavy atom. The van der Waals surface area contributed by atoms with Crippen LogP contribution in [0, 0.1) is 6.92 Å².